The molecule has 3 heteroatoms. The van der Waals surface area contributed by atoms with Gasteiger partial charge in [0.05, 0.1) is 0 Å². The molecule has 0 aliphatic heterocycles. The van der Waals surface area contributed by atoms with E-state index in [1.165, 1.54) is 16.7 Å². The average Bonchev–Trinajstić information content (AvgIpc) is 3.03. The average molecular weight is 436 g/mol. The zero-order valence-electron chi connectivity index (χ0n) is 20.0. The Morgan fingerprint density at radius 2 is 1.79 bits per heavy atom. The maximum atomic E-state index is 4.83. The van der Waals surface area contributed by atoms with Gasteiger partial charge in [-0.25, -0.2) is 4.99 Å². The highest BCUT2D eigenvalue weighted by Gasteiger charge is 2.07. The number of fused-ring (bicyclic) bond motifs is 1. The number of allylic oxidation sites excluding steroid dienone is 5. The molecule has 168 valence electrons. The fourth-order valence-corrected chi connectivity index (χ4v) is 3.76. The van der Waals surface area contributed by atoms with Crippen LogP contribution in [-0.4, -0.2) is 9.55 Å². The normalized spacial score (nSPS) is 12.6. The lowest BCUT2D eigenvalue weighted by Crippen LogP contribution is -2.21. The molecular weight excluding hydrogens is 402 g/mol. The predicted molar refractivity (Wildman–Crippen MR) is 141 cm³/mol. The van der Waals surface area contributed by atoms with Crippen molar-refractivity contribution in [1.29, 1.82) is 0 Å². The Labute approximate surface area is 197 Å². The second-order valence-electron chi connectivity index (χ2n) is 7.77. The van der Waals surface area contributed by atoms with E-state index < -0.39 is 0 Å². The van der Waals surface area contributed by atoms with Crippen molar-refractivity contribution in [3.8, 4) is 11.3 Å². The Balaban J connectivity index is 0.00000149. The van der Waals surface area contributed by atoms with Crippen LogP contribution in [0.4, 0.5) is 0 Å². The van der Waals surface area contributed by atoms with E-state index in [4.69, 9.17) is 4.99 Å². The molecule has 0 amide bonds. The molecular formula is C30H33N3. The Bertz CT molecular complexity index is 1240. The molecule has 0 spiro atoms. The van der Waals surface area contributed by atoms with E-state index in [1.807, 2.05) is 55.9 Å². The molecule has 0 saturated heterocycles. The molecule has 3 nitrogen and oxygen atoms in total. The van der Waals surface area contributed by atoms with Crippen LogP contribution in [0, 0.1) is 0 Å². The van der Waals surface area contributed by atoms with Crippen LogP contribution >= 0.6 is 0 Å². The lowest BCUT2D eigenvalue weighted by Gasteiger charge is -2.09. The van der Waals surface area contributed by atoms with E-state index >= 15 is 0 Å². The van der Waals surface area contributed by atoms with Crippen molar-refractivity contribution in [2.24, 2.45) is 12.0 Å². The van der Waals surface area contributed by atoms with Gasteiger partial charge in [-0.15, -0.1) is 0 Å². The summed E-state index contributed by atoms with van der Waals surface area (Å²) >= 11 is 0. The third-order valence-electron chi connectivity index (χ3n) is 5.43. The van der Waals surface area contributed by atoms with E-state index in [2.05, 4.69) is 66.7 Å². The Morgan fingerprint density at radius 1 is 1.03 bits per heavy atom. The highest BCUT2D eigenvalue weighted by Crippen LogP contribution is 2.25. The first kappa shape index (κ1) is 23.9. The summed E-state index contributed by atoms with van der Waals surface area (Å²) in [6.45, 7) is 12.4. The van der Waals surface area contributed by atoms with Gasteiger partial charge in [-0.05, 0) is 41.5 Å². The summed E-state index contributed by atoms with van der Waals surface area (Å²) in [6.07, 6.45) is 14.9. The number of rotatable bonds is 6. The molecule has 33 heavy (non-hydrogen) atoms. The molecule has 0 unspecified atom stereocenters. The van der Waals surface area contributed by atoms with Gasteiger partial charge in [0.2, 0.25) is 0 Å². The Kier molecular flexibility index (Phi) is 8.54. The number of benzene rings is 2. The monoisotopic (exact) mass is 435 g/mol. The van der Waals surface area contributed by atoms with E-state index in [1.54, 1.807) is 6.20 Å². The van der Waals surface area contributed by atoms with Crippen molar-refractivity contribution in [3.63, 3.8) is 0 Å². The zero-order valence-corrected chi connectivity index (χ0v) is 20.0. The number of nitrogens with zero attached hydrogens (tertiary/aromatic N) is 3. The van der Waals surface area contributed by atoms with E-state index in [0.717, 1.165) is 47.3 Å². The van der Waals surface area contributed by atoms with Crippen LogP contribution in [0.3, 0.4) is 0 Å². The van der Waals surface area contributed by atoms with Crippen molar-refractivity contribution in [2.45, 2.75) is 33.1 Å². The van der Waals surface area contributed by atoms with Gasteiger partial charge in [0.15, 0.2) is 5.49 Å². The van der Waals surface area contributed by atoms with Gasteiger partial charge < -0.3 is 4.57 Å². The number of hydrogen-bond acceptors (Lipinski definition) is 2. The summed E-state index contributed by atoms with van der Waals surface area (Å²) in [5.41, 5.74) is 8.43. The number of aromatic nitrogens is 2. The Hall–Kier alpha value is -3.72. The summed E-state index contributed by atoms with van der Waals surface area (Å²) in [6, 6.07) is 16.8. The van der Waals surface area contributed by atoms with Gasteiger partial charge in [0.1, 0.15) is 5.69 Å². The zero-order chi connectivity index (χ0) is 23.6. The van der Waals surface area contributed by atoms with E-state index in [-0.39, 0.29) is 0 Å². The molecule has 1 aliphatic carbocycles. The fraction of sp³-hybridized carbons (Fsp3) is 0.200. The minimum Gasteiger partial charge on any atom is -0.333 e. The van der Waals surface area contributed by atoms with Crippen molar-refractivity contribution in [1.82, 2.24) is 9.55 Å². The summed E-state index contributed by atoms with van der Waals surface area (Å²) < 4.78 is 2.00. The topological polar surface area (TPSA) is 30.2 Å². The highest BCUT2D eigenvalue weighted by atomic mass is 15.0. The van der Waals surface area contributed by atoms with Crippen LogP contribution in [0.5, 0.6) is 0 Å². The van der Waals surface area contributed by atoms with Gasteiger partial charge in [-0.1, -0.05) is 99.8 Å². The third kappa shape index (κ3) is 6.17. The molecule has 4 rings (SSSR count). The molecule has 2 aromatic carbocycles. The molecule has 0 bridgehead atoms. The number of hydrogen-bond donors (Lipinski definition) is 0. The molecule has 0 atom stereocenters. The first-order chi connectivity index (χ1) is 16.1. The van der Waals surface area contributed by atoms with Crippen molar-refractivity contribution in [2.75, 3.05) is 0 Å². The molecule has 0 N–H and O–H groups in total. The van der Waals surface area contributed by atoms with E-state index in [0.29, 0.717) is 0 Å². The van der Waals surface area contributed by atoms with Crippen molar-refractivity contribution >= 4 is 11.6 Å². The summed E-state index contributed by atoms with van der Waals surface area (Å²) in [7, 11) is 1.99. The van der Waals surface area contributed by atoms with Gasteiger partial charge in [0.25, 0.3) is 0 Å². The van der Waals surface area contributed by atoms with Crippen molar-refractivity contribution in [3.05, 3.63) is 120 Å². The van der Waals surface area contributed by atoms with Crippen LogP contribution in [0.1, 0.15) is 43.4 Å². The van der Waals surface area contributed by atoms with E-state index in [9.17, 15) is 0 Å². The number of aryl methyl sites for hydroxylation is 2. The maximum absolute atomic E-state index is 4.83. The van der Waals surface area contributed by atoms with Gasteiger partial charge in [0, 0.05) is 30.7 Å². The van der Waals surface area contributed by atoms with Crippen LogP contribution in [0.2, 0.25) is 0 Å². The molecule has 3 aromatic rings. The first-order valence-electron chi connectivity index (χ1n) is 11.6. The summed E-state index contributed by atoms with van der Waals surface area (Å²) in [5.74, 6) is 0. The lowest BCUT2D eigenvalue weighted by atomic mass is 9.97. The van der Waals surface area contributed by atoms with Crippen LogP contribution < -0.4 is 5.49 Å². The molecule has 1 aliphatic rings. The standard InChI is InChI=1S/C28H27N3.C2H6/c1-21-10-7-8-15-25-20-23(16-17-26(21)25)12-9-11-22(2)30-28-27(29-18-19-31(28)3)24-13-5-4-6-14-24;1-2/h4-8,10,13-20H,1-2,9,11-12H2,3H3;1-2H3. The second-order valence-corrected chi connectivity index (χ2v) is 7.77. The smallest absolute Gasteiger partial charge is 0.159 e. The van der Waals surface area contributed by atoms with Gasteiger partial charge >= 0.3 is 0 Å². The maximum Gasteiger partial charge on any atom is 0.159 e. The van der Waals surface area contributed by atoms with Crippen molar-refractivity contribution < 1.29 is 0 Å². The molecule has 0 radical (unpaired) electrons. The predicted octanol–water partition coefficient (Wildman–Crippen LogP) is 7.15. The van der Waals surface area contributed by atoms with Crippen LogP contribution in [0.15, 0.2) is 103 Å². The third-order valence-corrected chi connectivity index (χ3v) is 5.43. The largest absolute Gasteiger partial charge is 0.333 e. The summed E-state index contributed by atoms with van der Waals surface area (Å²) in [5, 5.41) is 0. The summed E-state index contributed by atoms with van der Waals surface area (Å²) in [4.78, 5) is 9.40. The van der Waals surface area contributed by atoms with Gasteiger partial charge in [-0.3, -0.25) is 4.98 Å². The Morgan fingerprint density at radius 3 is 2.58 bits per heavy atom. The van der Waals surface area contributed by atoms with Crippen LogP contribution in [0.25, 0.3) is 22.9 Å². The minimum atomic E-state index is 0.833. The second kappa shape index (κ2) is 11.8. The lowest BCUT2D eigenvalue weighted by molar-refractivity contribution is 0.771. The molecule has 0 saturated carbocycles. The van der Waals surface area contributed by atoms with Crippen LogP contribution in [-0.2, 0) is 13.5 Å². The fourth-order valence-electron chi connectivity index (χ4n) is 3.76. The molecule has 0 fully saturated rings. The highest BCUT2D eigenvalue weighted by molar-refractivity contribution is 5.81. The quantitative estimate of drug-likeness (QED) is 0.404. The minimum absolute atomic E-state index is 0.833. The first-order valence-corrected chi connectivity index (χ1v) is 11.6. The molecule has 1 aromatic heterocycles. The van der Waals surface area contributed by atoms with Gasteiger partial charge in [-0.2, -0.15) is 0 Å². The molecule has 1 heterocycles. The SMILES string of the molecule is C=C(CCCc1ccc2c(c1)C=CC=CC2=C)N=c1c(-c2ccccc2)nccn1C.CC.